The third kappa shape index (κ3) is 4.88. The molecule has 6 heteroatoms. The van der Waals surface area contributed by atoms with Gasteiger partial charge >= 0.3 is 12.1 Å². The lowest BCUT2D eigenvalue weighted by atomic mass is 10.2. The zero-order valence-corrected chi connectivity index (χ0v) is 15.2. The van der Waals surface area contributed by atoms with Gasteiger partial charge in [0.1, 0.15) is 0 Å². The third-order valence-corrected chi connectivity index (χ3v) is 4.37. The average Bonchev–Trinajstić information content (AvgIpc) is 2.69. The van der Waals surface area contributed by atoms with Gasteiger partial charge < -0.3 is 15.5 Å². The van der Waals surface area contributed by atoms with E-state index in [1.54, 1.807) is 23.1 Å². The first-order valence-electron chi connectivity index (χ1n) is 9.03. The van der Waals surface area contributed by atoms with Crippen LogP contribution in [-0.4, -0.2) is 36.6 Å². The lowest BCUT2D eigenvalue weighted by molar-refractivity contribution is 0.192. The lowest BCUT2D eigenvalue weighted by Gasteiger charge is -2.35. The molecule has 0 atom stereocenters. The smallest absolute Gasteiger partial charge is 0.324 e. The Labute approximate surface area is 159 Å². The molecule has 1 aliphatic rings. The molecule has 1 saturated heterocycles. The highest BCUT2D eigenvalue weighted by Crippen LogP contribution is 2.23. The van der Waals surface area contributed by atoms with Crippen molar-refractivity contribution in [3.05, 3.63) is 72.8 Å². The predicted octanol–water partition coefficient (Wildman–Crippen LogP) is 3.83. The van der Waals surface area contributed by atoms with Crippen molar-refractivity contribution in [2.45, 2.75) is 13.0 Å². The van der Waals surface area contributed by atoms with Gasteiger partial charge in [-0.15, -0.1) is 6.58 Å². The van der Waals surface area contributed by atoms with Crippen molar-refractivity contribution in [1.82, 2.24) is 10.2 Å². The van der Waals surface area contributed by atoms with Crippen LogP contribution in [-0.2, 0) is 6.54 Å². The number of anilines is 2. The Kier molecular flexibility index (Phi) is 6.10. The summed E-state index contributed by atoms with van der Waals surface area (Å²) in [6.45, 7) is 6.02. The van der Waals surface area contributed by atoms with Crippen LogP contribution in [0.15, 0.2) is 67.3 Å². The maximum Gasteiger partial charge on any atom is 0.324 e. The van der Waals surface area contributed by atoms with Crippen molar-refractivity contribution in [2.24, 2.45) is 0 Å². The number of hydrogen-bond donors (Lipinski definition) is 2. The second-order valence-corrected chi connectivity index (χ2v) is 6.37. The molecule has 2 aromatic rings. The van der Waals surface area contributed by atoms with Crippen molar-refractivity contribution < 1.29 is 9.59 Å². The Balaban J connectivity index is 1.64. The molecule has 2 N–H and O–H groups in total. The third-order valence-electron chi connectivity index (χ3n) is 4.37. The summed E-state index contributed by atoms with van der Waals surface area (Å²) in [5.74, 6) is 0. The SMILES string of the molecule is C=CCNC(=O)Nc1ccc(N2CCCN(Cc3ccccc3)C2=O)cc1. The van der Waals surface area contributed by atoms with Crippen molar-refractivity contribution in [3.63, 3.8) is 0 Å². The molecule has 1 heterocycles. The summed E-state index contributed by atoms with van der Waals surface area (Å²) in [7, 11) is 0. The lowest BCUT2D eigenvalue weighted by Crippen LogP contribution is -2.49. The molecule has 2 aromatic carbocycles. The van der Waals surface area contributed by atoms with Crippen LogP contribution in [0.5, 0.6) is 0 Å². The van der Waals surface area contributed by atoms with Gasteiger partial charge in [0.15, 0.2) is 0 Å². The molecule has 0 spiro atoms. The highest BCUT2D eigenvalue weighted by Gasteiger charge is 2.26. The van der Waals surface area contributed by atoms with Gasteiger partial charge in [0, 0.05) is 37.6 Å². The summed E-state index contributed by atoms with van der Waals surface area (Å²) in [6, 6.07) is 17.0. The second kappa shape index (κ2) is 8.89. The van der Waals surface area contributed by atoms with Gasteiger partial charge in [-0.05, 0) is 36.2 Å². The first-order valence-corrected chi connectivity index (χ1v) is 9.03. The summed E-state index contributed by atoms with van der Waals surface area (Å²) in [6.07, 6.45) is 2.54. The molecule has 3 rings (SSSR count). The van der Waals surface area contributed by atoms with Crippen molar-refractivity contribution in [3.8, 4) is 0 Å². The highest BCUT2D eigenvalue weighted by molar-refractivity contribution is 5.94. The molecule has 6 nitrogen and oxygen atoms in total. The zero-order chi connectivity index (χ0) is 19.1. The van der Waals surface area contributed by atoms with E-state index in [0.717, 1.165) is 24.2 Å². The summed E-state index contributed by atoms with van der Waals surface area (Å²) >= 11 is 0. The number of nitrogens with zero attached hydrogens (tertiary/aromatic N) is 2. The average molecular weight is 364 g/mol. The van der Waals surface area contributed by atoms with Crippen molar-refractivity contribution in [1.29, 1.82) is 0 Å². The van der Waals surface area contributed by atoms with Gasteiger partial charge in [-0.25, -0.2) is 9.59 Å². The molecule has 0 aliphatic carbocycles. The van der Waals surface area contributed by atoms with Gasteiger partial charge in [-0.1, -0.05) is 36.4 Å². The topological polar surface area (TPSA) is 64.7 Å². The van der Waals surface area contributed by atoms with Gasteiger partial charge in [0.2, 0.25) is 0 Å². The van der Waals surface area contributed by atoms with Crippen LogP contribution in [0.2, 0.25) is 0 Å². The Morgan fingerprint density at radius 3 is 2.52 bits per heavy atom. The van der Waals surface area contributed by atoms with Crippen LogP contribution in [0.25, 0.3) is 0 Å². The number of urea groups is 2. The molecule has 0 unspecified atom stereocenters. The predicted molar refractivity (Wildman–Crippen MR) is 108 cm³/mol. The van der Waals surface area contributed by atoms with E-state index in [1.165, 1.54) is 0 Å². The molecule has 27 heavy (non-hydrogen) atoms. The fraction of sp³-hybridized carbons (Fsp3) is 0.238. The van der Waals surface area contributed by atoms with E-state index >= 15 is 0 Å². The number of carbonyl (C=O) groups excluding carboxylic acids is 2. The molecule has 0 radical (unpaired) electrons. The number of rotatable bonds is 6. The highest BCUT2D eigenvalue weighted by atomic mass is 16.2. The number of hydrogen-bond acceptors (Lipinski definition) is 2. The summed E-state index contributed by atoms with van der Waals surface area (Å²) in [5.41, 5.74) is 2.62. The van der Waals surface area contributed by atoms with E-state index in [4.69, 9.17) is 0 Å². The van der Waals surface area contributed by atoms with Gasteiger partial charge in [-0.3, -0.25) is 4.90 Å². The van der Waals surface area contributed by atoms with Crippen LogP contribution in [0, 0.1) is 0 Å². The number of benzene rings is 2. The number of nitrogens with one attached hydrogen (secondary N) is 2. The largest absolute Gasteiger partial charge is 0.334 e. The van der Waals surface area contributed by atoms with E-state index in [2.05, 4.69) is 17.2 Å². The number of amides is 4. The molecule has 0 bridgehead atoms. The standard InChI is InChI=1S/C21H24N4O2/c1-2-13-22-20(26)23-18-9-11-19(12-10-18)25-15-6-14-24(21(25)27)16-17-7-4-3-5-8-17/h2-5,7-12H,1,6,13-16H2,(H2,22,23,26). The minimum atomic E-state index is -0.286. The van der Waals surface area contributed by atoms with E-state index in [-0.39, 0.29) is 12.1 Å². The monoisotopic (exact) mass is 364 g/mol. The quantitative estimate of drug-likeness (QED) is 0.765. The minimum absolute atomic E-state index is 0.00883. The first kappa shape index (κ1) is 18.5. The summed E-state index contributed by atoms with van der Waals surface area (Å²) < 4.78 is 0. The van der Waals surface area contributed by atoms with Crippen LogP contribution in [0.3, 0.4) is 0 Å². The molecule has 0 saturated carbocycles. The maximum absolute atomic E-state index is 12.9. The fourth-order valence-corrected chi connectivity index (χ4v) is 3.04. The zero-order valence-electron chi connectivity index (χ0n) is 15.2. The van der Waals surface area contributed by atoms with Crippen LogP contribution >= 0.6 is 0 Å². The molecular formula is C21H24N4O2. The molecule has 1 fully saturated rings. The normalized spacial score (nSPS) is 14.0. The Morgan fingerprint density at radius 2 is 1.81 bits per heavy atom. The van der Waals surface area contributed by atoms with E-state index in [1.807, 2.05) is 47.4 Å². The van der Waals surface area contributed by atoms with Crippen LogP contribution < -0.4 is 15.5 Å². The second-order valence-electron chi connectivity index (χ2n) is 6.37. The van der Waals surface area contributed by atoms with Crippen molar-refractivity contribution >= 4 is 23.4 Å². The van der Waals surface area contributed by atoms with E-state index in [0.29, 0.717) is 25.3 Å². The van der Waals surface area contributed by atoms with Crippen molar-refractivity contribution in [2.75, 3.05) is 29.9 Å². The fourth-order valence-electron chi connectivity index (χ4n) is 3.04. The van der Waals surface area contributed by atoms with Crippen LogP contribution in [0.4, 0.5) is 21.0 Å². The van der Waals surface area contributed by atoms with Gasteiger partial charge in [0.25, 0.3) is 0 Å². The summed E-state index contributed by atoms with van der Waals surface area (Å²) in [4.78, 5) is 28.2. The van der Waals surface area contributed by atoms with Gasteiger partial charge in [-0.2, -0.15) is 0 Å². The minimum Gasteiger partial charge on any atom is -0.334 e. The molecule has 1 aliphatic heterocycles. The van der Waals surface area contributed by atoms with E-state index in [9.17, 15) is 9.59 Å². The molecular weight excluding hydrogens is 340 g/mol. The molecule has 0 aromatic heterocycles. The Bertz CT molecular complexity index is 790. The first-order chi connectivity index (χ1) is 13.2. The van der Waals surface area contributed by atoms with E-state index < -0.39 is 0 Å². The Hall–Kier alpha value is -3.28. The van der Waals surface area contributed by atoms with Crippen LogP contribution in [0.1, 0.15) is 12.0 Å². The maximum atomic E-state index is 12.9. The number of carbonyl (C=O) groups is 2. The Morgan fingerprint density at radius 1 is 1.07 bits per heavy atom. The molecule has 140 valence electrons. The summed E-state index contributed by atoms with van der Waals surface area (Å²) in [5, 5.41) is 5.40. The van der Waals surface area contributed by atoms with Gasteiger partial charge in [0.05, 0.1) is 0 Å². The molecule has 4 amide bonds.